The molecule has 2 heterocycles. The van der Waals surface area contributed by atoms with Gasteiger partial charge < -0.3 is 10.2 Å². The third-order valence-electron chi connectivity index (χ3n) is 3.29. The molecule has 0 bridgehead atoms. The maximum absolute atomic E-state index is 3.44. The Balaban J connectivity index is 0.00000112. The Morgan fingerprint density at radius 3 is 2.73 bits per heavy atom. The second-order valence-corrected chi connectivity index (χ2v) is 5.68. The highest BCUT2D eigenvalue weighted by Crippen LogP contribution is 2.16. The first-order valence-corrected chi connectivity index (χ1v) is 7.11. The predicted molar refractivity (Wildman–Crippen MR) is 71.2 cm³/mol. The average molecular weight is 251 g/mol. The van der Waals surface area contributed by atoms with Crippen LogP contribution in [-0.4, -0.2) is 49.1 Å². The molecule has 0 aromatic rings. The largest absolute Gasteiger partial charge is 0.317 e. The van der Waals surface area contributed by atoms with Crippen molar-refractivity contribution in [2.45, 2.75) is 19.3 Å². The van der Waals surface area contributed by atoms with E-state index in [9.17, 15) is 0 Å². The van der Waals surface area contributed by atoms with Gasteiger partial charge in [0.05, 0.1) is 0 Å². The first kappa shape index (κ1) is 13.6. The second-order valence-electron chi connectivity index (χ2n) is 4.46. The quantitative estimate of drug-likeness (QED) is 0.805. The predicted octanol–water partition coefficient (Wildman–Crippen LogP) is 1.85. The summed E-state index contributed by atoms with van der Waals surface area (Å²) >= 11 is 2.13. The van der Waals surface area contributed by atoms with Gasteiger partial charge in [-0.3, -0.25) is 0 Å². The molecule has 2 saturated heterocycles. The molecule has 2 aliphatic heterocycles. The summed E-state index contributed by atoms with van der Waals surface area (Å²) in [7, 11) is 0. The van der Waals surface area contributed by atoms with Crippen LogP contribution in [0.25, 0.3) is 0 Å². The summed E-state index contributed by atoms with van der Waals surface area (Å²) in [5.41, 5.74) is 0. The molecule has 2 rings (SSSR count). The van der Waals surface area contributed by atoms with Crippen molar-refractivity contribution in [2.75, 3.05) is 44.2 Å². The zero-order valence-corrected chi connectivity index (χ0v) is 11.0. The van der Waals surface area contributed by atoms with Gasteiger partial charge >= 0.3 is 0 Å². The third-order valence-corrected chi connectivity index (χ3v) is 4.34. The van der Waals surface area contributed by atoms with E-state index in [2.05, 4.69) is 22.0 Å². The zero-order chi connectivity index (χ0) is 9.64. The van der Waals surface area contributed by atoms with Crippen LogP contribution in [0, 0.1) is 5.92 Å². The van der Waals surface area contributed by atoms with Crippen molar-refractivity contribution in [3.63, 3.8) is 0 Å². The summed E-state index contributed by atoms with van der Waals surface area (Å²) in [6.45, 7) is 6.52. The number of nitrogens with zero attached hydrogens (tertiary/aromatic N) is 1. The maximum Gasteiger partial charge on any atom is 0.00725 e. The fourth-order valence-corrected chi connectivity index (χ4v) is 3.33. The van der Waals surface area contributed by atoms with Crippen molar-refractivity contribution < 1.29 is 0 Å². The summed E-state index contributed by atoms with van der Waals surface area (Å²) in [6, 6.07) is 0. The van der Waals surface area contributed by atoms with E-state index >= 15 is 0 Å². The van der Waals surface area contributed by atoms with Gasteiger partial charge in [-0.15, -0.1) is 12.4 Å². The fourth-order valence-electron chi connectivity index (χ4n) is 2.41. The Kier molecular flexibility index (Phi) is 7.06. The molecule has 0 amide bonds. The molecular formula is C11H23ClN2S. The van der Waals surface area contributed by atoms with E-state index in [4.69, 9.17) is 0 Å². The minimum Gasteiger partial charge on any atom is -0.317 e. The van der Waals surface area contributed by atoms with Crippen molar-refractivity contribution in [2.24, 2.45) is 5.92 Å². The summed E-state index contributed by atoms with van der Waals surface area (Å²) in [5.74, 6) is 3.70. The first-order valence-electron chi connectivity index (χ1n) is 5.96. The van der Waals surface area contributed by atoms with Crippen LogP contribution in [0.4, 0.5) is 0 Å². The van der Waals surface area contributed by atoms with E-state index in [1.807, 2.05) is 0 Å². The summed E-state index contributed by atoms with van der Waals surface area (Å²) in [5, 5.41) is 3.44. The van der Waals surface area contributed by atoms with Gasteiger partial charge in [-0.25, -0.2) is 0 Å². The molecule has 1 N–H and O–H groups in total. The van der Waals surface area contributed by atoms with Crippen LogP contribution in [-0.2, 0) is 0 Å². The standard InChI is InChI=1S/C11H22N2S.ClH/c1-6-13(7-9-14-8-1)10-11-2-4-12-5-3-11;/h11-12H,1-10H2;1H. The number of nitrogens with one attached hydrogen (secondary N) is 1. The monoisotopic (exact) mass is 250 g/mol. The van der Waals surface area contributed by atoms with E-state index < -0.39 is 0 Å². The Labute approximate surface area is 104 Å². The molecule has 0 radical (unpaired) electrons. The van der Waals surface area contributed by atoms with Crippen LogP contribution in [0.15, 0.2) is 0 Å². The summed E-state index contributed by atoms with van der Waals surface area (Å²) < 4.78 is 0. The highest BCUT2D eigenvalue weighted by atomic mass is 35.5. The smallest absolute Gasteiger partial charge is 0.00725 e. The molecule has 0 aromatic heterocycles. The number of rotatable bonds is 2. The van der Waals surface area contributed by atoms with Gasteiger partial charge in [-0.1, -0.05) is 0 Å². The average Bonchev–Trinajstić information content (AvgIpc) is 2.48. The van der Waals surface area contributed by atoms with Gasteiger partial charge in [-0.05, 0) is 50.6 Å². The second kappa shape index (κ2) is 7.77. The molecule has 15 heavy (non-hydrogen) atoms. The molecule has 0 unspecified atom stereocenters. The molecule has 0 aliphatic carbocycles. The normalized spacial score (nSPS) is 25.6. The lowest BCUT2D eigenvalue weighted by atomic mass is 9.97. The number of halogens is 1. The van der Waals surface area contributed by atoms with Crippen LogP contribution in [0.1, 0.15) is 19.3 Å². The molecule has 2 aliphatic rings. The van der Waals surface area contributed by atoms with Crippen LogP contribution < -0.4 is 5.32 Å². The van der Waals surface area contributed by atoms with Crippen LogP contribution in [0.3, 0.4) is 0 Å². The van der Waals surface area contributed by atoms with Gasteiger partial charge in [-0.2, -0.15) is 11.8 Å². The minimum absolute atomic E-state index is 0. The highest BCUT2D eigenvalue weighted by Gasteiger charge is 2.17. The number of hydrogen-bond donors (Lipinski definition) is 1. The number of hydrogen-bond acceptors (Lipinski definition) is 3. The Morgan fingerprint density at radius 2 is 1.93 bits per heavy atom. The van der Waals surface area contributed by atoms with E-state index in [0.29, 0.717) is 0 Å². The fraction of sp³-hybridized carbons (Fsp3) is 1.00. The lowest BCUT2D eigenvalue weighted by molar-refractivity contribution is 0.218. The summed E-state index contributed by atoms with van der Waals surface area (Å²) in [4.78, 5) is 2.69. The van der Waals surface area contributed by atoms with Gasteiger partial charge in [0.15, 0.2) is 0 Å². The van der Waals surface area contributed by atoms with Gasteiger partial charge in [0.25, 0.3) is 0 Å². The first-order chi connectivity index (χ1) is 6.95. The Bertz CT molecular complexity index is 155. The molecule has 0 spiro atoms. The summed E-state index contributed by atoms with van der Waals surface area (Å²) in [6.07, 6.45) is 4.18. The maximum atomic E-state index is 3.44. The van der Waals surface area contributed by atoms with Crippen molar-refractivity contribution >= 4 is 24.2 Å². The van der Waals surface area contributed by atoms with Gasteiger partial charge in [0.1, 0.15) is 0 Å². The van der Waals surface area contributed by atoms with E-state index in [-0.39, 0.29) is 12.4 Å². The zero-order valence-electron chi connectivity index (χ0n) is 9.41. The van der Waals surface area contributed by atoms with E-state index in [1.165, 1.54) is 63.5 Å². The van der Waals surface area contributed by atoms with Gasteiger partial charge in [0.2, 0.25) is 0 Å². The van der Waals surface area contributed by atoms with E-state index in [1.54, 1.807) is 0 Å². The molecule has 90 valence electrons. The van der Waals surface area contributed by atoms with Gasteiger partial charge in [0, 0.05) is 18.8 Å². The third kappa shape index (κ3) is 4.94. The Hall–Kier alpha value is 0.560. The molecular weight excluding hydrogens is 228 g/mol. The highest BCUT2D eigenvalue weighted by molar-refractivity contribution is 7.99. The Morgan fingerprint density at radius 1 is 1.13 bits per heavy atom. The number of thioether (sulfide) groups is 1. The van der Waals surface area contributed by atoms with Crippen LogP contribution in [0.2, 0.25) is 0 Å². The molecule has 2 nitrogen and oxygen atoms in total. The molecule has 0 aromatic carbocycles. The molecule has 0 atom stereocenters. The SMILES string of the molecule is C1CSCCN(CC2CCNCC2)C1.Cl. The van der Waals surface area contributed by atoms with Crippen molar-refractivity contribution in [1.29, 1.82) is 0 Å². The lowest BCUT2D eigenvalue weighted by Crippen LogP contribution is -2.37. The number of piperidine rings is 1. The topological polar surface area (TPSA) is 15.3 Å². The van der Waals surface area contributed by atoms with Crippen molar-refractivity contribution in [3.05, 3.63) is 0 Å². The van der Waals surface area contributed by atoms with E-state index in [0.717, 1.165) is 5.92 Å². The van der Waals surface area contributed by atoms with Crippen LogP contribution in [0.5, 0.6) is 0 Å². The molecule has 0 saturated carbocycles. The molecule has 4 heteroatoms. The van der Waals surface area contributed by atoms with Crippen molar-refractivity contribution in [3.8, 4) is 0 Å². The molecule has 2 fully saturated rings. The lowest BCUT2D eigenvalue weighted by Gasteiger charge is -2.28. The van der Waals surface area contributed by atoms with Crippen molar-refractivity contribution in [1.82, 2.24) is 10.2 Å². The van der Waals surface area contributed by atoms with Crippen LogP contribution >= 0.6 is 24.2 Å². The minimum atomic E-state index is 0.